The van der Waals surface area contributed by atoms with Crippen molar-refractivity contribution < 1.29 is 28.6 Å². The van der Waals surface area contributed by atoms with E-state index in [0.717, 1.165) is 5.30 Å². The summed E-state index contributed by atoms with van der Waals surface area (Å²) in [5.74, 6) is 0. The minimum atomic E-state index is -1.62. The Bertz CT molecular complexity index is 225. The van der Waals surface area contributed by atoms with Crippen LogP contribution in [-0.4, -0.2) is 7.11 Å². The van der Waals surface area contributed by atoms with E-state index in [1.807, 2.05) is 18.2 Å². The van der Waals surface area contributed by atoms with Gasteiger partial charge in [-0.3, -0.25) is 0 Å². The predicted molar refractivity (Wildman–Crippen MR) is 40.7 cm³/mol. The number of benzene rings is 1. The molecule has 0 aliphatic carbocycles. The molecule has 1 unspecified atom stereocenters. The van der Waals surface area contributed by atoms with Crippen LogP contribution in [0.1, 0.15) is 0 Å². The summed E-state index contributed by atoms with van der Waals surface area (Å²) in [6.07, 6.45) is 0. The van der Waals surface area contributed by atoms with Crippen LogP contribution in [0, 0.1) is 0 Å². The predicted octanol–water partition coefficient (Wildman–Crippen LogP) is 1.70. The van der Waals surface area contributed by atoms with Crippen molar-refractivity contribution in [2.75, 3.05) is 7.11 Å². The van der Waals surface area contributed by atoms with Gasteiger partial charge in [0.1, 0.15) is 0 Å². The summed E-state index contributed by atoms with van der Waals surface area (Å²) >= 11 is 0. The fraction of sp³-hybridized carbons (Fsp3) is 0.143. The van der Waals surface area contributed by atoms with Crippen LogP contribution in [0.25, 0.3) is 0 Å². The average Bonchev–Trinajstić information content (AvgIpc) is 2.05. The Morgan fingerprint density at radius 1 is 1.27 bits per heavy atom. The third-order valence-corrected chi connectivity index (χ3v) is 2.18. The van der Waals surface area contributed by atoms with E-state index in [4.69, 9.17) is 0 Å². The third-order valence-electron chi connectivity index (χ3n) is 1.13. The first-order valence-corrected chi connectivity index (χ1v) is 4.09. The molecule has 0 aliphatic rings. The zero-order valence-corrected chi connectivity index (χ0v) is 10.2. The maximum absolute atomic E-state index is 10.9. The zero-order chi connectivity index (χ0) is 7.40. The smallest absolute Gasteiger partial charge is 0.145 e. The molecule has 11 heavy (non-hydrogen) atoms. The van der Waals surface area contributed by atoms with Crippen molar-refractivity contribution in [2.24, 2.45) is 0 Å². The van der Waals surface area contributed by atoms with Crippen LogP contribution in [-0.2, 0) is 28.6 Å². The molecule has 0 aromatic heterocycles. The average molecular weight is 221 g/mol. The summed E-state index contributed by atoms with van der Waals surface area (Å²) in [5, 5.41) is 0.736. The summed E-state index contributed by atoms with van der Waals surface area (Å²) in [7, 11) is -0.187. The summed E-state index contributed by atoms with van der Waals surface area (Å²) in [6.45, 7) is 0. The molecule has 0 fully saturated rings. The molecule has 1 aromatic carbocycles. The Morgan fingerprint density at radius 2 is 1.82 bits per heavy atom. The Balaban J connectivity index is 0.000001000. The van der Waals surface area contributed by atoms with Gasteiger partial charge in [-0.25, -0.2) is 0 Å². The van der Waals surface area contributed by atoms with Gasteiger partial charge in [0.15, 0.2) is 0 Å². The molecule has 0 heterocycles. The van der Waals surface area contributed by atoms with Gasteiger partial charge >= 0.3 is 8.03 Å². The van der Waals surface area contributed by atoms with Crippen molar-refractivity contribution in [3.8, 4) is 0 Å². The first-order chi connectivity index (χ1) is 4.84. The summed E-state index contributed by atoms with van der Waals surface area (Å²) in [6, 6.07) is 9.11. The molecular weight excluding hydrogens is 212 g/mol. The SMILES string of the molecule is CO[P+](=O)c1ccccc1.[Zn]. The Morgan fingerprint density at radius 3 is 2.27 bits per heavy atom. The topological polar surface area (TPSA) is 26.3 Å². The second-order valence-electron chi connectivity index (χ2n) is 1.78. The van der Waals surface area contributed by atoms with Gasteiger partial charge in [0.2, 0.25) is 5.30 Å². The summed E-state index contributed by atoms with van der Waals surface area (Å²) in [5.41, 5.74) is 0. The minimum Gasteiger partial charge on any atom is -0.145 e. The third kappa shape index (κ3) is 3.20. The van der Waals surface area contributed by atoms with E-state index in [1.165, 1.54) is 7.11 Å². The maximum atomic E-state index is 10.9. The van der Waals surface area contributed by atoms with Gasteiger partial charge in [-0.15, -0.1) is 4.52 Å². The van der Waals surface area contributed by atoms with E-state index < -0.39 is 8.03 Å². The first kappa shape index (κ1) is 10.9. The van der Waals surface area contributed by atoms with E-state index >= 15 is 0 Å². The van der Waals surface area contributed by atoms with Gasteiger partial charge in [-0.05, 0) is 16.7 Å². The van der Waals surface area contributed by atoms with Crippen molar-refractivity contribution in [1.29, 1.82) is 0 Å². The second kappa shape index (κ2) is 5.54. The molecule has 0 N–H and O–H groups in total. The Labute approximate surface area is 79.6 Å². The van der Waals surface area contributed by atoms with Crippen LogP contribution >= 0.6 is 8.03 Å². The molecule has 54 valence electrons. The fourth-order valence-electron chi connectivity index (χ4n) is 0.655. The van der Waals surface area contributed by atoms with E-state index in [2.05, 4.69) is 4.52 Å². The van der Waals surface area contributed by atoms with Gasteiger partial charge in [-0.1, -0.05) is 18.2 Å². The van der Waals surface area contributed by atoms with Crippen LogP contribution in [0.4, 0.5) is 0 Å². The van der Waals surface area contributed by atoms with Gasteiger partial charge in [0.25, 0.3) is 0 Å². The Hall–Kier alpha value is -0.0966. The monoisotopic (exact) mass is 219 g/mol. The van der Waals surface area contributed by atoms with E-state index in [1.54, 1.807) is 12.1 Å². The zero-order valence-electron chi connectivity index (χ0n) is 6.36. The second-order valence-corrected chi connectivity index (χ2v) is 3.17. The number of hydrogen-bond donors (Lipinski definition) is 0. The van der Waals surface area contributed by atoms with Gasteiger partial charge in [0, 0.05) is 19.5 Å². The van der Waals surface area contributed by atoms with Gasteiger partial charge in [-0.2, -0.15) is 0 Å². The van der Waals surface area contributed by atoms with Crippen molar-refractivity contribution in [3.05, 3.63) is 30.3 Å². The molecule has 0 radical (unpaired) electrons. The molecular formula is C7H8O2PZn+. The molecule has 0 spiro atoms. The van der Waals surface area contributed by atoms with Gasteiger partial charge < -0.3 is 0 Å². The van der Waals surface area contributed by atoms with Crippen molar-refractivity contribution >= 4 is 13.3 Å². The van der Waals surface area contributed by atoms with Crippen molar-refractivity contribution in [2.45, 2.75) is 0 Å². The standard InChI is InChI=1S/C7H8O2P.Zn/c1-9-10(8)7-5-3-2-4-6-7;/h2-6H,1H3;/q+1;. The van der Waals surface area contributed by atoms with Gasteiger partial charge in [0.05, 0.1) is 7.11 Å². The quantitative estimate of drug-likeness (QED) is 0.560. The Kier molecular flexibility index (Phi) is 5.49. The van der Waals surface area contributed by atoms with E-state index in [-0.39, 0.29) is 19.5 Å². The number of hydrogen-bond acceptors (Lipinski definition) is 2. The van der Waals surface area contributed by atoms with Crippen molar-refractivity contribution in [3.63, 3.8) is 0 Å². The van der Waals surface area contributed by atoms with E-state index in [9.17, 15) is 4.57 Å². The summed E-state index contributed by atoms with van der Waals surface area (Å²) < 4.78 is 15.6. The molecule has 2 nitrogen and oxygen atoms in total. The van der Waals surface area contributed by atoms with Crippen LogP contribution in [0.5, 0.6) is 0 Å². The van der Waals surface area contributed by atoms with Crippen LogP contribution in [0.15, 0.2) is 30.3 Å². The molecule has 4 heteroatoms. The molecule has 1 aromatic rings. The van der Waals surface area contributed by atoms with E-state index in [0.29, 0.717) is 0 Å². The molecule has 0 saturated carbocycles. The molecule has 1 atom stereocenters. The molecule has 0 amide bonds. The first-order valence-electron chi connectivity index (χ1n) is 2.91. The number of rotatable bonds is 2. The fourth-order valence-corrected chi connectivity index (χ4v) is 1.28. The van der Waals surface area contributed by atoms with Crippen LogP contribution in [0.3, 0.4) is 0 Å². The molecule has 1 rings (SSSR count). The van der Waals surface area contributed by atoms with Crippen LogP contribution in [0.2, 0.25) is 0 Å². The largest absolute Gasteiger partial charge is 0.548 e. The normalized spacial score (nSPS) is 10.1. The van der Waals surface area contributed by atoms with Crippen LogP contribution < -0.4 is 5.30 Å². The molecule has 0 aliphatic heterocycles. The molecule has 0 bridgehead atoms. The molecule has 0 saturated heterocycles. The van der Waals surface area contributed by atoms with Crippen molar-refractivity contribution in [1.82, 2.24) is 0 Å². The summed E-state index contributed by atoms with van der Waals surface area (Å²) in [4.78, 5) is 0. The minimum absolute atomic E-state index is 0. The maximum Gasteiger partial charge on any atom is 0.548 e.